The summed E-state index contributed by atoms with van der Waals surface area (Å²) in [6.45, 7) is 0.169. The number of aromatic nitrogens is 2. The molecule has 5 nitrogen and oxygen atoms in total. The van der Waals surface area contributed by atoms with Crippen LogP contribution in [-0.2, 0) is 0 Å². The van der Waals surface area contributed by atoms with Crippen LogP contribution in [0.5, 0.6) is 11.5 Å². The van der Waals surface area contributed by atoms with Crippen LogP contribution in [0.3, 0.4) is 0 Å². The minimum absolute atomic E-state index is 0.169. The van der Waals surface area contributed by atoms with Gasteiger partial charge < -0.3 is 14.5 Å². The van der Waals surface area contributed by atoms with Gasteiger partial charge in [-0.3, -0.25) is 4.79 Å². The monoisotopic (exact) mass is 332 g/mol. The summed E-state index contributed by atoms with van der Waals surface area (Å²) < 4.78 is 10.7. The Hall–Kier alpha value is -3.52. The van der Waals surface area contributed by atoms with Crippen LogP contribution in [0.4, 0.5) is 0 Å². The van der Waals surface area contributed by atoms with Crippen molar-refractivity contribution >= 4 is 23.2 Å². The molecule has 0 fully saturated rings. The summed E-state index contributed by atoms with van der Waals surface area (Å²) in [5, 5.41) is 0. The third kappa shape index (κ3) is 3.70. The molecule has 1 heterocycles. The predicted octanol–water partition coefficient (Wildman–Crippen LogP) is 3.11. The zero-order chi connectivity index (χ0) is 17.6. The Morgan fingerprint density at radius 3 is 2.84 bits per heavy atom. The van der Waals surface area contributed by atoms with Gasteiger partial charge in [0.25, 0.3) is 5.56 Å². The average Bonchev–Trinajstić information content (AvgIpc) is 2.64. The second kappa shape index (κ2) is 7.37. The van der Waals surface area contributed by atoms with E-state index >= 15 is 0 Å². The minimum atomic E-state index is -0.240. The number of benzene rings is 2. The van der Waals surface area contributed by atoms with E-state index in [0.717, 1.165) is 11.1 Å². The normalized spacial score (nSPS) is 10.7. The van der Waals surface area contributed by atoms with Crippen LogP contribution in [0.1, 0.15) is 11.3 Å². The fourth-order valence-corrected chi connectivity index (χ4v) is 2.36. The molecule has 124 valence electrons. The third-order valence-electron chi connectivity index (χ3n) is 3.56. The molecule has 1 aromatic heterocycles. The van der Waals surface area contributed by atoms with Crippen molar-refractivity contribution in [1.82, 2.24) is 9.97 Å². The number of H-pyrrole nitrogens is 1. The minimum Gasteiger partial charge on any atom is -0.493 e. The van der Waals surface area contributed by atoms with E-state index in [1.54, 1.807) is 31.4 Å². The van der Waals surface area contributed by atoms with Crippen molar-refractivity contribution in [2.75, 3.05) is 13.7 Å². The van der Waals surface area contributed by atoms with E-state index in [1.165, 1.54) is 0 Å². The molecule has 0 saturated heterocycles. The van der Waals surface area contributed by atoms with E-state index in [-0.39, 0.29) is 12.2 Å². The Labute approximate surface area is 144 Å². The molecule has 2 aromatic carbocycles. The number of terminal acetylenes is 1. The summed E-state index contributed by atoms with van der Waals surface area (Å²) in [5.41, 5.74) is 2.39. The first-order valence-corrected chi connectivity index (χ1v) is 7.62. The maximum atomic E-state index is 12.1. The molecular formula is C20H16N2O3. The van der Waals surface area contributed by atoms with Gasteiger partial charge in [0.2, 0.25) is 0 Å². The third-order valence-corrected chi connectivity index (χ3v) is 3.56. The first-order valence-electron chi connectivity index (χ1n) is 7.62. The lowest BCUT2D eigenvalue weighted by molar-refractivity contribution is 0.331. The number of nitrogens with zero attached hydrogens (tertiary/aromatic N) is 1. The summed E-state index contributed by atoms with van der Waals surface area (Å²) in [7, 11) is 1.56. The van der Waals surface area contributed by atoms with Crippen molar-refractivity contribution in [2.24, 2.45) is 0 Å². The molecule has 0 aliphatic carbocycles. The summed E-state index contributed by atoms with van der Waals surface area (Å²) >= 11 is 0. The van der Waals surface area contributed by atoms with Crippen LogP contribution in [0.15, 0.2) is 47.3 Å². The molecular weight excluding hydrogens is 316 g/mol. The highest BCUT2D eigenvalue weighted by atomic mass is 16.5. The predicted molar refractivity (Wildman–Crippen MR) is 98.6 cm³/mol. The summed E-state index contributed by atoms with van der Waals surface area (Å²) in [6.07, 6.45) is 8.66. The van der Waals surface area contributed by atoms with E-state index in [2.05, 4.69) is 15.9 Å². The number of hydrogen-bond acceptors (Lipinski definition) is 4. The van der Waals surface area contributed by atoms with Crippen molar-refractivity contribution in [2.45, 2.75) is 0 Å². The first kappa shape index (κ1) is 16.3. The number of ether oxygens (including phenoxy) is 2. The fourth-order valence-electron chi connectivity index (χ4n) is 2.36. The van der Waals surface area contributed by atoms with Gasteiger partial charge in [0.15, 0.2) is 11.5 Å². The van der Waals surface area contributed by atoms with Crippen molar-refractivity contribution < 1.29 is 9.47 Å². The number of fused-ring (bicyclic) bond motifs is 1. The lowest BCUT2D eigenvalue weighted by Gasteiger charge is -2.09. The lowest BCUT2D eigenvalue weighted by atomic mass is 10.1. The molecule has 0 amide bonds. The molecule has 0 atom stereocenters. The molecule has 3 aromatic rings. The summed E-state index contributed by atoms with van der Waals surface area (Å²) in [6, 6.07) is 12.8. The standard InChI is InChI=1S/C20H16N2O3/c1-3-12-25-18-11-9-14(13-19(18)24-2)8-10-17-20(23)22-16-7-5-4-6-15(16)21-17/h1,4-11,13H,12H2,2H3,(H,22,23)/b10-8+. The second-order valence-electron chi connectivity index (χ2n) is 5.20. The van der Waals surface area contributed by atoms with Gasteiger partial charge in [0.1, 0.15) is 12.3 Å². The maximum Gasteiger partial charge on any atom is 0.274 e. The Bertz CT molecular complexity index is 1030. The SMILES string of the molecule is C#CCOc1ccc(/C=C/c2nc3ccccc3[nH]c2=O)cc1OC. The molecule has 0 aliphatic heterocycles. The molecule has 0 unspecified atom stereocenters. The number of methoxy groups -OCH3 is 1. The van der Waals surface area contributed by atoms with Gasteiger partial charge in [-0.2, -0.15) is 0 Å². The van der Waals surface area contributed by atoms with Gasteiger partial charge in [0, 0.05) is 0 Å². The number of nitrogens with one attached hydrogen (secondary N) is 1. The van der Waals surface area contributed by atoms with Gasteiger partial charge in [-0.1, -0.05) is 30.2 Å². The zero-order valence-corrected chi connectivity index (χ0v) is 13.7. The Morgan fingerprint density at radius 2 is 2.04 bits per heavy atom. The molecule has 0 aliphatic rings. The van der Waals surface area contributed by atoms with E-state index in [9.17, 15) is 4.79 Å². The Balaban J connectivity index is 1.90. The molecule has 0 spiro atoms. The number of para-hydroxylation sites is 2. The molecule has 0 saturated carbocycles. The Kier molecular flexibility index (Phi) is 4.82. The molecule has 5 heteroatoms. The van der Waals surface area contributed by atoms with Crippen molar-refractivity contribution in [3.8, 4) is 23.8 Å². The number of hydrogen-bond donors (Lipinski definition) is 1. The lowest BCUT2D eigenvalue weighted by Crippen LogP contribution is -2.11. The first-order chi connectivity index (χ1) is 12.2. The molecule has 25 heavy (non-hydrogen) atoms. The van der Waals surface area contributed by atoms with Crippen LogP contribution in [0.2, 0.25) is 0 Å². The van der Waals surface area contributed by atoms with Crippen molar-refractivity contribution in [3.05, 3.63) is 64.1 Å². The largest absolute Gasteiger partial charge is 0.493 e. The van der Waals surface area contributed by atoms with E-state index in [0.29, 0.717) is 22.7 Å². The molecule has 0 radical (unpaired) electrons. The highest BCUT2D eigenvalue weighted by molar-refractivity contribution is 5.76. The van der Waals surface area contributed by atoms with Crippen LogP contribution in [0, 0.1) is 12.3 Å². The highest BCUT2D eigenvalue weighted by Gasteiger charge is 2.05. The second-order valence-corrected chi connectivity index (χ2v) is 5.20. The smallest absolute Gasteiger partial charge is 0.274 e. The van der Waals surface area contributed by atoms with Gasteiger partial charge in [0.05, 0.1) is 18.1 Å². The Morgan fingerprint density at radius 1 is 1.20 bits per heavy atom. The van der Waals surface area contributed by atoms with Crippen molar-refractivity contribution in [3.63, 3.8) is 0 Å². The topological polar surface area (TPSA) is 64.2 Å². The van der Waals surface area contributed by atoms with Crippen LogP contribution >= 0.6 is 0 Å². The number of aromatic amines is 1. The van der Waals surface area contributed by atoms with Crippen molar-refractivity contribution in [1.29, 1.82) is 0 Å². The van der Waals surface area contributed by atoms with Gasteiger partial charge >= 0.3 is 0 Å². The quantitative estimate of drug-likeness (QED) is 0.729. The van der Waals surface area contributed by atoms with E-state index in [4.69, 9.17) is 15.9 Å². The average molecular weight is 332 g/mol. The van der Waals surface area contributed by atoms with Gasteiger partial charge in [-0.25, -0.2) is 4.98 Å². The molecule has 3 rings (SSSR count). The van der Waals surface area contributed by atoms with Gasteiger partial charge in [-0.15, -0.1) is 6.42 Å². The van der Waals surface area contributed by atoms with Crippen LogP contribution < -0.4 is 15.0 Å². The maximum absolute atomic E-state index is 12.1. The summed E-state index contributed by atoms with van der Waals surface area (Å²) in [5.74, 6) is 3.55. The molecule has 0 bridgehead atoms. The van der Waals surface area contributed by atoms with Gasteiger partial charge in [-0.05, 0) is 35.9 Å². The van der Waals surface area contributed by atoms with E-state index < -0.39 is 0 Å². The number of rotatable bonds is 5. The van der Waals surface area contributed by atoms with Crippen LogP contribution in [-0.4, -0.2) is 23.7 Å². The fraction of sp³-hybridized carbons (Fsp3) is 0.100. The summed E-state index contributed by atoms with van der Waals surface area (Å²) in [4.78, 5) is 19.3. The highest BCUT2D eigenvalue weighted by Crippen LogP contribution is 2.28. The van der Waals surface area contributed by atoms with E-state index in [1.807, 2.05) is 30.3 Å². The molecule has 1 N–H and O–H groups in total. The van der Waals surface area contributed by atoms with Crippen LogP contribution in [0.25, 0.3) is 23.2 Å². The zero-order valence-electron chi connectivity index (χ0n) is 13.7.